The summed E-state index contributed by atoms with van der Waals surface area (Å²) in [6.07, 6.45) is 0. The van der Waals surface area contributed by atoms with Crippen LogP contribution in [0.3, 0.4) is 0 Å². The maximum Gasteiger partial charge on any atom is 0.337 e. The van der Waals surface area contributed by atoms with Crippen LogP contribution in [0, 0.1) is 0 Å². The molecule has 0 aliphatic rings. The summed E-state index contributed by atoms with van der Waals surface area (Å²) in [5.74, 6) is -0.918. The topological polar surface area (TPSA) is 105 Å². The number of nitrogens with zero attached hydrogens (tertiary/aromatic N) is 1. The number of carbonyl (C=O) groups excluding carboxylic acids is 2. The summed E-state index contributed by atoms with van der Waals surface area (Å²) in [5.41, 5.74) is 0.655. The lowest BCUT2D eigenvalue weighted by atomic mass is 10.0. The molecule has 0 heterocycles. The summed E-state index contributed by atoms with van der Waals surface area (Å²) in [7, 11) is 4.40. The number of ether oxygens (including phenoxy) is 1. The molecule has 0 aromatic heterocycles. The van der Waals surface area contributed by atoms with E-state index in [0.29, 0.717) is 16.5 Å². The first-order valence-corrected chi connectivity index (χ1v) is 9.90. The Morgan fingerprint density at radius 2 is 1.73 bits per heavy atom. The first kappa shape index (κ1) is 21.1. The molecular formula is C21H20N2O6S. The fraction of sp³-hybridized carbons (Fsp3) is 0.143. The normalized spacial score (nSPS) is 11.6. The number of carbonyl (C=O) groups is 2. The first-order valence-electron chi connectivity index (χ1n) is 8.83. The molecule has 0 saturated carbocycles. The predicted molar refractivity (Wildman–Crippen MR) is 114 cm³/mol. The van der Waals surface area contributed by atoms with Crippen molar-refractivity contribution in [3.8, 4) is 11.5 Å². The quantitative estimate of drug-likeness (QED) is 0.462. The van der Waals surface area contributed by atoms with Gasteiger partial charge in [0.2, 0.25) is 0 Å². The van der Waals surface area contributed by atoms with E-state index >= 15 is 0 Å². The third kappa shape index (κ3) is 4.36. The zero-order chi connectivity index (χ0) is 21.8. The Hall–Kier alpha value is -3.59. The molecule has 8 nitrogen and oxygen atoms in total. The van der Waals surface area contributed by atoms with Crippen LogP contribution in [0.5, 0.6) is 11.5 Å². The number of nitrogens with one attached hydrogen (secondary N) is 1. The van der Waals surface area contributed by atoms with Gasteiger partial charge in [-0.3, -0.25) is 9.52 Å². The van der Waals surface area contributed by atoms with E-state index in [1.54, 1.807) is 56.6 Å². The van der Waals surface area contributed by atoms with Crippen LogP contribution < -0.4 is 8.91 Å². The number of fused-ring (bicyclic) bond motifs is 1. The van der Waals surface area contributed by atoms with Crippen molar-refractivity contribution in [2.75, 3.05) is 25.9 Å². The van der Waals surface area contributed by atoms with Crippen LogP contribution in [0.1, 0.15) is 20.7 Å². The Bertz CT molecular complexity index is 1150. The average Bonchev–Trinajstić information content (AvgIpc) is 2.74. The molecule has 3 rings (SSSR count). The molecule has 1 amide bonds. The molecule has 0 radical (unpaired) electrons. The van der Waals surface area contributed by atoms with Gasteiger partial charge >= 0.3 is 17.2 Å². The van der Waals surface area contributed by atoms with Gasteiger partial charge in [-0.15, -0.1) is 0 Å². The first-order chi connectivity index (χ1) is 14.3. The summed E-state index contributed by atoms with van der Waals surface area (Å²) in [4.78, 5) is 25.4. The van der Waals surface area contributed by atoms with E-state index in [1.165, 1.54) is 24.1 Å². The van der Waals surface area contributed by atoms with Crippen molar-refractivity contribution in [1.29, 1.82) is 0 Å². The van der Waals surface area contributed by atoms with E-state index in [4.69, 9.17) is 4.18 Å². The summed E-state index contributed by atoms with van der Waals surface area (Å²) in [5, 5.41) is 11.5. The number of benzene rings is 3. The zero-order valence-corrected chi connectivity index (χ0v) is 17.4. The van der Waals surface area contributed by atoms with Crippen molar-refractivity contribution in [1.82, 2.24) is 4.90 Å². The van der Waals surface area contributed by atoms with Crippen molar-refractivity contribution in [2.24, 2.45) is 0 Å². The molecule has 0 saturated heterocycles. The highest BCUT2D eigenvalue weighted by Gasteiger charge is 2.19. The molecule has 1 unspecified atom stereocenters. The standard InChI is InChI=1S/C21H20N2O6S/c1-23(2)20(25)17-12-18(15-9-4-5-10-16(15)19(17)24)22-30(27)29-14-8-6-7-13(11-14)21(26)28-3/h4-12,22,24H,1-3H3. The lowest BCUT2D eigenvalue weighted by molar-refractivity contribution is 0.0600. The third-order valence-corrected chi connectivity index (χ3v) is 5.00. The van der Waals surface area contributed by atoms with Gasteiger partial charge in [-0.1, -0.05) is 30.3 Å². The minimum absolute atomic E-state index is 0.0610. The van der Waals surface area contributed by atoms with E-state index in [-0.39, 0.29) is 22.6 Å². The van der Waals surface area contributed by atoms with Crippen LogP contribution in [0.4, 0.5) is 5.69 Å². The SMILES string of the molecule is COC(=O)c1cccc(OS(=O)Nc2cc(C(=O)N(C)C)c(O)c3ccccc23)c1. The van der Waals surface area contributed by atoms with Gasteiger partial charge in [-0.05, 0) is 24.3 Å². The molecule has 0 fully saturated rings. The van der Waals surface area contributed by atoms with Gasteiger partial charge in [0.15, 0.2) is 0 Å². The highest BCUT2D eigenvalue weighted by atomic mass is 32.2. The summed E-state index contributed by atoms with van der Waals surface area (Å²) in [6, 6.07) is 14.3. The summed E-state index contributed by atoms with van der Waals surface area (Å²) >= 11 is -2.05. The van der Waals surface area contributed by atoms with Crippen LogP contribution in [-0.4, -0.2) is 47.3 Å². The monoisotopic (exact) mass is 428 g/mol. The largest absolute Gasteiger partial charge is 0.506 e. The number of esters is 1. The van der Waals surface area contributed by atoms with Gasteiger partial charge in [-0.25, -0.2) is 4.79 Å². The zero-order valence-electron chi connectivity index (χ0n) is 16.5. The van der Waals surface area contributed by atoms with Crippen LogP contribution in [0.2, 0.25) is 0 Å². The van der Waals surface area contributed by atoms with E-state index in [1.807, 2.05) is 0 Å². The van der Waals surface area contributed by atoms with Gasteiger partial charge in [0.25, 0.3) is 5.91 Å². The van der Waals surface area contributed by atoms with Crippen molar-refractivity contribution in [2.45, 2.75) is 0 Å². The molecule has 156 valence electrons. The van der Waals surface area contributed by atoms with Gasteiger partial charge in [-0.2, -0.15) is 4.21 Å². The molecule has 3 aromatic carbocycles. The van der Waals surface area contributed by atoms with E-state index in [9.17, 15) is 18.9 Å². The average molecular weight is 428 g/mol. The number of phenolic OH excluding ortho intramolecular Hbond substituents is 1. The number of anilines is 1. The Morgan fingerprint density at radius 1 is 1.03 bits per heavy atom. The lowest BCUT2D eigenvalue weighted by Crippen LogP contribution is -2.22. The Morgan fingerprint density at radius 3 is 2.40 bits per heavy atom. The number of aromatic hydroxyl groups is 1. The van der Waals surface area contributed by atoms with Crippen molar-refractivity contribution < 1.29 is 27.8 Å². The highest BCUT2D eigenvalue weighted by Crippen LogP contribution is 2.35. The Balaban J connectivity index is 1.93. The van der Waals surface area contributed by atoms with Crippen molar-refractivity contribution >= 4 is 39.6 Å². The predicted octanol–water partition coefficient (Wildman–Crippen LogP) is 3.10. The second-order valence-electron chi connectivity index (χ2n) is 6.50. The van der Waals surface area contributed by atoms with Crippen molar-refractivity contribution in [3.05, 3.63) is 65.7 Å². The maximum absolute atomic E-state index is 12.6. The Labute approximate surface area is 175 Å². The summed E-state index contributed by atoms with van der Waals surface area (Å²) in [6.45, 7) is 0. The maximum atomic E-state index is 12.6. The number of hydrogen-bond donors (Lipinski definition) is 2. The van der Waals surface area contributed by atoms with Gasteiger partial charge in [0.05, 0.1) is 23.9 Å². The molecule has 0 spiro atoms. The minimum Gasteiger partial charge on any atom is -0.506 e. The number of hydrogen-bond acceptors (Lipinski definition) is 6. The number of phenols is 1. The fourth-order valence-corrected chi connectivity index (χ4v) is 3.51. The second-order valence-corrected chi connectivity index (χ2v) is 7.35. The molecule has 0 aliphatic heterocycles. The molecule has 30 heavy (non-hydrogen) atoms. The third-order valence-electron chi connectivity index (χ3n) is 4.27. The van der Waals surface area contributed by atoms with E-state index < -0.39 is 23.1 Å². The number of methoxy groups -OCH3 is 1. The summed E-state index contributed by atoms with van der Waals surface area (Å²) < 4.78 is 25.3. The van der Waals surface area contributed by atoms with Gasteiger partial charge < -0.3 is 18.9 Å². The van der Waals surface area contributed by atoms with Crippen LogP contribution >= 0.6 is 0 Å². The molecule has 0 bridgehead atoms. The van der Waals surface area contributed by atoms with Gasteiger partial charge in [0.1, 0.15) is 11.5 Å². The number of rotatable bonds is 6. The molecule has 2 N–H and O–H groups in total. The molecule has 1 atom stereocenters. The molecular weight excluding hydrogens is 408 g/mol. The lowest BCUT2D eigenvalue weighted by Gasteiger charge is -2.16. The smallest absolute Gasteiger partial charge is 0.337 e. The highest BCUT2D eigenvalue weighted by molar-refractivity contribution is 7.82. The molecule has 9 heteroatoms. The number of amides is 1. The molecule has 0 aliphatic carbocycles. The minimum atomic E-state index is -2.05. The molecule has 3 aromatic rings. The van der Waals surface area contributed by atoms with Crippen LogP contribution in [0.15, 0.2) is 54.6 Å². The van der Waals surface area contributed by atoms with E-state index in [2.05, 4.69) is 9.46 Å². The van der Waals surface area contributed by atoms with E-state index in [0.717, 1.165) is 0 Å². The van der Waals surface area contributed by atoms with Crippen LogP contribution in [-0.2, 0) is 16.0 Å². The Kier molecular flexibility index (Phi) is 6.22. The fourth-order valence-electron chi connectivity index (χ4n) is 2.84. The second kappa shape index (κ2) is 8.83. The van der Waals surface area contributed by atoms with Gasteiger partial charge in [0, 0.05) is 24.9 Å². The van der Waals surface area contributed by atoms with Crippen LogP contribution in [0.25, 0.3) is 10.8 Å². The van der Waals surface area contributed by atoms with Crippen molar-refractivity contribution in [3.63, 3.8) is 0 Å².